The summed E-state index contributed by atoms with van der Waals surface area (Å²) in [6.07, 6.45) is -0.874. The van der Waals surface area contributed by atoms with Gasteiger partial charge in [0.1, 0.15) is 5.75 Å². The highest BCUT2D eigenvalue weighted by atomic mass is 35.5. The van der Waals surface area contributed by atoms with E-state index in [2.05, 4.69) is 10.1 Å². The topological polar surface area (TPSA) is 64.4 Å². The summed E-state index contributed by atoms with van der Waals surface area (Å²) in [5, 5.41) is 2.85. The predicted molar refractivity (Wildman–Crippen MR) is 87.0 cm³/mol. The van der Waals surface area contributed by atoms with Gasteiger partial charge < -0.3 is 15.8 Å². The minimum Gasteiger partial charge on any atom is -0.484 e. The number of ether oxygens (including phenoxy) is 1. The van der Waals surface area contributed by atoms with E-state index in [1.807, 2.05) is 0 Å². The molecule has 8 heteroatoms. The molecule has 1 amide bonds. The molecule has 0 saturated heterocycles. The standard InChI is InChI=1S/C16H21F3N2O2.ClH/c17-16(18,19)10-23-14-6-4-11(5-7-14)9-21-15(22)12-2-1-3-13(20)8-12;/h4-7,12-13H,1-3,8-10,20H2,(H,21,22);1H. The molecule has 0 aliphatic heterocycles. The maximum Gasteiger partial charge on any atom is 0.422 e. The van der Waals surface area contributed by atoms with Gasteiger partial charge in [-0.15, -0.1) is 12.4 Å². The molecule has 1 saturated carbocycles. The number of carbonyl (C=O) groups excluding carboxylic acids is 1. The monoisotopic (exact) mass is 366 g/mol. The van der Waals surface area contributed by atoms with Crippen molar-refractivity contribution in [1.82, 2.24) is 5.32 Å². The number of halogens is 4. The number of amides is 1. The maximum atomic E-state index is 12.1. The van der Waals surface area contributed by atoms with E-state index in [9.17, 15) is 18.0 Å². The predicted octanol–water partition coefficient (Wildman–Crippen LogP) is 3.18. The van der Waals surface area contributed by atoms with Crippen molar-refractivity contribution in [1.29, 1.82) is 0 Å². The zero-order valence-corrected chi connectivity index (χ0v) is 14.0. The summed E-state index contributed by atoms with van der Waals surface area (Å²) in [5.74, 6) is 0.0846. The number of rotatable bonds is 5. The van der Waals surface area contributed by atoms with Gasteiger partial charge in [-0.25, -0.2) is 0 Å². The average Bonchev–Trinajstić information content (AvgIpc) is 2.51. The van der Waals surface area contributed by atoms with Crippen LogP contribution < -0.4 is 15.8 Å². The molecule has 2 rings (SSSR count). The summed E-state index contributed by atoms with van der Waals surface area (Å²) in [4.78, 5) is 12.1. The van der Waals surface area contributed by atoms with Gasteiger partial charge in [0.15, 0.2) is 6.61 Å². The van der Waals surface area contributed by atoms with Crippen LogP contribution in [0.3, 0.4) is 0 Å². The highest BCUT2D eigenvalue weighted by Gasteiger charge is 2.28. The summed E-state index contributed by atoms with van der Waals surface area (Å²) >= 11 is 0. The lowest BCUT2D eigenvalue weighted by Gasteiger charge is -2.25. The summed E-state index contributed by atoms with van der Waals surface area (Å²) in [6.45, 7) is -0.977. The SMILES string of the molecule is Cl.NC1CCCC(C(=O)NCc2ccc(OCC(F)(F)F)cc2)C1. The third-order valence-corrected chi connectivity index (χ3v) is 3.88. The lowest BCUT2D eigenvalue weighted by atomic mass is 9.85. The fraction of sp³-hybridized carbons (Fsp3) is 0.562. The van der Waals surface area contributed by atoms with Crippen LogP contribution in [0.25, 0.3) is 0 Å². The van der Waals surface area contributed by atoms with Crippen LogP contribution in [0.5, 0.6) is 5.75 Å². The number of benzene rings is 1. The van der Waals surface area contributed by atoms with Crippen LogP contribution >= 0.6 is 12.4 Å². The number of nitrogens with two attached hydrogens (primary N) is 1. The van der Waals surface area contributed by atoms with E-state index < -0.39 is 12.8 Å². The summed E-state index contributed by atoms with van der Waals surface area (Å²) in [7, 11) is 0. The van der Waals surface area contributed by atoms with Crippen LogP contribution in [0.4, 0.5) is 13.2 Å². The molecule has 0 heterocycles. The second-order valence-electron chi connectivity index (χ2n) is 5.89. The van der Waals surface area contributed by atoms with E-state index in [0.29, 0.717) is 13.0 Å². The quantitative estimate of drug-likeness (QED) is 0.841. The smallest absolute Gasteiger partial charge is 0.422 e. The van der Waals surface area contributed by atoms with E-state index in [-0.39, 0.29) is 36.0 Å². The summed E-state index contributed by atoms with van der Waals surface area (Å²) < 4.78 is 40.8. The molecule has 3 N–H and O–H groups in total. The van der Waals surface area contributed by atoms with Gasteiger partial charge in [-0.3, -0.25) is 4.79 Å². The van der Waals surface area contributed by atoms with Crippen LogP contribution in [0.2, 0.25) is 0 Å². The molecule has 4 nitrogen and oxygen atoms in total. The minimum absolute atomic E-state index is 0. The van der Waals surface area contributed by atoms with Gasteiger partial charge in [0, 0.05) is 18.5 Å². The van der Waals surface area contributed by atoms with Gasteiger partial charge in [0.25, 0.3) is 0 Å². The molecule has 0 spiro atoms. The lowest BCUT2D eigenvalue weighted by molar-refractivity contribution is -0.153. The molecule has 1 aromatic rings. The molecule has 2 atom stereocenters. The first-order chi connectivity index (χ1) is 10.8. The fourth-order valence-electron chi connectivity index (χ4n) is 2.67. The Balaban J connectivity index is 0.00000288. The normalized spacial score (nSPS) is 20.8. The third kappa shape index (κ3) is 6.97. The first-order valence-electron chi connectivity index (χ1n) is 7.65. The van der Waals surface area contributed by atoms with Crippen molar-refractivity contribution >= 4 is 18.3 Å². The van der Waals surface area contributed by atoms with Crippen molar-refractivity contribution in [2.45, 2.75) is 44.4 Å². The molecule has 136 valence electrons. The van der Waals surface area contributed by atoms with Crippen molar-refractivity contribution in [3.63, 3.8) is 0 Å². The Labute approximate surface area is 145 Å². The Morgan fingerprint density at radius 2 is 1.92 bits per heavy atom. The van der Waals surface area contributed by atoms with Crippen molar-refractivity contribution in [2.24, 2.45) is 11.7 Å². The van der Waals surface area contributed by atoms with Crippen LogP contribution in [-0.4, -0.2) is 24.7 Å². The average molecular weight is 367 g/mol. The molecular formula is C16H22ClF3N2O2. The van der Waals surface area contributed by atoms with Crippen LogP contribution in [0.15, 0.2) is 24.3 Å². The number of hydrogen-bond donors (Lipinski definition) is 2. The Bertz CT molecular complexity index is 523. The number of hydrogen-bond acceptors (Lipinski definition) is 3. The second-order valence-corrected chi connectivity index (χ2v) is 5.89. The van der Waals surface area contributed by atoms with Crippen LogP contribution in [0, 0.1) is 5.92 Å². The first kappa shape index (κ1) is 20.6. The van der Waals surface area contributed by atoms with Crippen molar-refractivity contribution in [3.8, 4) is 5.75 Å². The Morgan fingerprint density at radius 1 is 1.25 bits per heavy atom. The van der Waals surface area contributed by atoms with Crippen molar-refractivity contribution in [2.75, 3.05) is 6.61 Å². The Hall–Kier alpha value is -1.47. The van der Waals surface area contributed by atoms with Gasteiger partial charge in [0.2, 0.25) is 5.91 Å². The molecular weight excluding hydrogens is 345 g/mol. The fourth-order valence-corrected chi connectivity index (χ4v) is 2.67. The molecule has 24 heavy (non-hydrogen) atoms. The van der Waals surface area contributed by atoms with Crippen molar-refractivity contribution < 1.29 is 22.7 Å². The number of alkyl halides is 3. The first-order valence-corrected chi connectivity index (χ1v) is 7.65. The summed E-state index contributed by atoms with van der Waals surface area (Å²) in [6, 6.07) is 6.29. The van der Waals surface area contributed by atoms with Gasteiger partial charge in [0.05, 0.1) is 0 Å². The highest BCUT2D eigenvalue weighted by molar-refractivity contribution is 5.85. The largest absolute Gasteiger partial charge is 0.484 e. The molecule has 1 aliphatic rings. The molecule has 1 aliphatic carbocycles. The summed E-state index contributed by atoms with van der Waals surface area (Å²) in [5.41, 5.74) is 6.68. The lowest BCUT2D eigenvalue weighted by Crippen LogP contribution is -2.37. The molecule has 0 bridgehead atoms. The van der Waals surface area contributed by atoms with Crippen LogP contribution in [0.1, 0.15) is 31.2 Å². The minimum atomic E-state index is -4.35. The number of nitrogens with one attached hydrogen (secondary N) is 1. The highest BCUT2D eigenvalue weighted by Crippen LogP contribution is 2.23. The van der Waals surface area contributed by atoms with E-state index in [0.717, 1.165) is 24.8 Å². The van der Waals surface area contributed by atoms with Gasteiger partial charge in [-0.2, -0.15) is 13.2 Å². The van der Waals surface area contributed by atoms with Gasteiger partial charge >= 0.3 is 6.18 Å². The van der Waals surface area contributed by atoms with E-state index >= 15 is 0 Å². The van der Waals surface area contributed by atoms with Crippen molar-refractivity contribution in [3.05, 3.63) is 29.8 Å². The van der Waals surface area contributed by atoms with Gasteiger partial charge in [-0.05, 0) is 37.0 Å². The van der Waals surface area contributed by atoms with E-state index in [1.165, 1.54) is 12.1 Å². The number of carbonyl (C=O) groups is 1. The molecule has 1 aromatic carbocycles. The molecule has 0 aromatic heterocycles. The molecule has 0 radical (unpaired) electrons. The zero-order chi connectivity index (χ0) is 16.9. The Kier molecular flexibility index (Phi) is 7.83. The Morgan fingerprint density at radius 3 is 2.50 bits per heavy atom. The zero-order valence-electron chi connectivity index (χ0n) is 13.1. The second kappa shape index (κ2) is 9.13. The van der Waals surface area contributed by atoms with E-state index in [4.69, 9.17) is 5.73 Å². The van der Waals surface area contributed by atoms with Gasteiger partial charge in [-0.1, -0.05) is 18.6 Å². The molecule has 2 unspecified atom stereocenters. The van der Waals surface area contributed by atoms with Crippen LogP contribution in [-0.2, 0) is 11.3 Å². The maximum absolute atomic E-state index is 12.1. The molecule has 1 fully saturated rings. The third-order valence-electron chi connectivity index (χ3n) is 3.88. The van der Waals surface area contributed by atoms with E-state index in [1.54, 1.807) is 12.1 Å².